The van der Waals surface area contributed by atoms with Gasteiger partial charge < -0.3 is 4.43 Å². The predicted molar refractivity (Wildman–Crippen MR) is 118 cm³/mol. The Labute approximate surface area is 166 Å². The van der Waals surface area contributed by atoms with Crippen molar-refractivity contribution in [2.24, 2.45) is 5.92 Å². The molecule has 0 aromatic heterocycles. The highest BCUT2D eigenvalue weighted by atomic mass is 28.4. The maximum atomic E-state index is 7.08. The van der Waals surface area contributed by atoms with Crippen LogP contribution in [0.3, 0.4) is 0 Å². The molecule has 2 aromatic carbocycles. The first-order valence-electron chi connectivity index (χ1n) is 10.00. The monoisotopic (exact) mass is 379 g/mol. The SMILES string of the molecule is C=CCN1C[C@H](C)[C@H]1CO[Si](c1ccccc1)(c1ccccc1)C(C)(C)C. The molecule has 0 bridgehead atoms. The summed E-state index contributed by atoms with van der Waals surface area (Å²) in [6.45, 7) is 16.1. The van der Waals surface area contributed by atoms with Gasteiger partial charge in [-0.1, -0.05) is 94.4 Å². The Balaban J connectivity index is 2.01. The van der Waals surface area contributed by atoms with Gasteiger partial charge in [0.2, 0.25) is 0 Å². The number of benzene rings is 2. The lowest BCUT2D eigenvalue weighted by Crippen LogP contribution is -2.68. The summed E-state index contributed by atoms with van der Waals surface area (Å²) in [6.07, 6.45) is 2.00. The fourth-order valence-corrected chi connectivity index (χ4v) is 9.04. The summed E-state index contributed by atoms with van der Waals surface area (Å²) in [7, 11) is -2.43. The van der Waals surface area contributed by atoms with Gasteiger partial charge in [-0.2, -0.15) is 0 Å². The summed E-state index contributed by atoms with van der Waals surface area (Å²) in [6, 6.07) is 22.3. The lowest BCUT2D eigenvalue weighted by Gasteiger charge is -2.49. The van der Waals surface area contributed by atoms with Crippen LogP contribution < -0.4 is 10.4 Å². The molecule has 1 aliphatic heterocycles. The van der Waals surface area contributed by atoms with Crippen LogP contribution in [0, 0.1) is 5.92 Å². The van der Waals surface area contributed by atoms with Crippen LogP contribution in [0.2, 0.25) is 5.04 Å². The average Bonchev–Trinajstić information content (AvgIpc) is 2.65. The molecule has 27 heavy (non-hydrogen) atoms. The standard InChI is InChI=1S/C24H33NOSi/c1-6-17-25-18-20(2)23(25)19-26-27(24(3,4)5,21-13-9-7-10-14-21)22-15-11-8-12-16-22/h6-16,20,23H,1,17-19H2,2-5H3/t20-,23+/m0/s1. The molecular formula is C24H33NOSi. The second-order valence-corrected chi connectivity index (χ2v) is 13.1. The molecule has 2 nitrogen and oxygen atoms in total. The van der Waals surface area contributed by atoms with Gasteiger partial charge in [0, 0.05) is 19.1 Å². The second-order valence-electron chi connectivity index (χ2n) is 8.76. The molecule has 3 rings (SSSR count). The van der Waals surface area contributed by atoms with Crippen LogP contribution in [0.1, 0.15) is 27.7 Å². The number of rotatable bonds is 7. The Morgan fingerprint density at radius 1 is 1.04 bits per heavy atom. The van der Waals surface area contributed by atoms with E-state index in [1.165, 1.54) is 10.4 Å². The summed E-state index contributed by atoms with van der Waals surface area (Å²) in [4.78, 5) is 2.48. The first-order chi connectivity index (χ1) is 12.9. The quantitative estimate of drug-likeness (QED) is 0.531. The van der Waals surface area contributed by atoms with E-state index in [2.05, 4.69) is 99.8 Å². The molecule has 0 saturated carbocycles. The molecule has 0 amide bonds. The van der Waals surface area contributed by atoms with E-state index in [1.54, 1.807) is 0 Å². The summed E-state index contributed by atoms with van der Waals surface area (Å²) >= 11 is 0. The molecule has 1 aliphatic rings. The molecule has 3 heteroatoms. The summed E-state index contributed by atoms with van der Waals surface area (Å²) in [5.41, 5.74) is 0. The highest BCUT2D eigenvalue weighted by Gasteiger charge is 2.51. The third kappa shape index (κ3) is 3.82. The molecule has 0 radical (unpaired) electrons. The van der Waals surface area contributed by atoms with Crippen LogP contribution >= 0.6 is 0 Å². The minimum absolute atomic E-state index is 0.0337. The smallest absolute Gasteiger partial charge is 0.261 e. The van der Waals surface area contributed by atoms with Gasteiger partial charge in [0.05, 0.1) is 6.61 Å². The summed E-state index contributed by atoms with van der Waals surface area (Å²) < 4.78 is 7.08. The molecule has 0 aliphatic carbocycles. The van der Waals surface area contributed by atoms with E-state index in [4.69, 9.17) is 4.43 Å². The van der Waals surface area contributed by atoms with Crippen LogP contribution in [0.15, 0.2) is 73.3 Å². The Morgan fingerprint density at radius 2 is 1.56 bits per heavy atom. The molecule has 0 N–H and O–H groups in total. The molecule has 2 atom stereocenters. The molecule has 0 unspecified atom stereocenters. The number of hydrogen-bond donors (Lipinski definition) is 0. The number of likely N-dealkylation sites (tertiary alicyclic amines) is 1. The van der Waals surface area contributed by atoms with Gasteiger partial charge in [-0.05, 0) is 21.3 Å². The third-order valence-corrected chi connectivity index (χ3v) is 10.9. The fourth-order valence-electron chi connectivity index (χ4n) is 4.47. The molecule has 1 heterocycles. The number of nitrogens with zero attached hydrogens (tertiary/aromatic N) is 1. The Hall–Kier alpha value is -1.68. The zero-order valence-electron chi connectivity index (χ0n) is 17.2. The van der Waals surface area contributed by atoms with E-state index >= 15 is 0 Å². The first kappa shape index (κ1) is 20.1. The zero-order chi connectivity index (χ0) is 19.5. The van der Waals surface area contributed by atoms with Crippen molar-refractivity contribution in [1.82, 2.24) is 4.90 Å². The molecule has 1 saturated heterocycles. The van der Waals surface area contributed by atoms with Crippen molar-refractivity contribution < 1.29 is 4.43 Å². The topological polar surface area (TPSA) is 12.5 Å². The van der Waals surface area contributed by atoms with Gasteiger partial charge in [0.1, 0.15) is 0 Å². The van der Waals surface area contributed by atoms with Crippen LogP contribution in [0.25, 0.3) is 0 Å². The van der Waals surface area contributed by atoms with Gasteiger partial charge in [-0.3, -0.25) is 4.90 Å². The lowest BCUT2D eigenvalue weighted by atomic mass is 9.91. The van der Waals surface area contributed by atoms with Gasteiger partial charge in [-0.15, -0.1) is 6.58 Å². The largest absolute Gasteiger partial charge is 0.406 e. The first-order valence-corrected chi connectivity index (χ1v) is 11.9. The van der Waals surface area contributed by atoms with Gasteiger partial charge >= 0.3 is 0 Å². The van der Waals surface area contributed by atoms with E-state index in [0.717, 1.165) is 19.7 Å². The molecule has 1 fully saturated rings. The van der Waals surface area contributed by atoms with Crippen molar-refractivity contribution in [3.63, 3.8) is 0 Å². The third-order valence-electron chi connectivity index (χ3n) is 5.90. The maximum Gasteiger partial charge on any atom is 0.261 e. The Morgan fingerprint density at radius 3 is 1.96 bits per heavy atom. The highest BCUT2D eigenvalue weighted by molar-refractivity contribution is 6.99. The van der Waals surface area contributed by atoms with Crippen molar-refractivity contribution in [3.8, 4) is 0 Å². The van der Waals surface area contributed by atoms with Crippen LogP contribution in [0.5, 0.6) is 0 Å². The normalized spacial score (nSPS) is 20.9. The van der Waals surface area contributed by atoms with E-state index in [1.807, 2.05) is 6.08 Å². The summed E-state index contributed by atoms with van der Waals surface area (Å²) in [5, 5.41) is 2.74. The average molecular weight is 380 g/mol. The second kappa shape index (κ2) is 8.13. The van der Waals surface area contributed by atoms with Crippen molar-refractivity contribution >= 4 is 18.7 Å². The van der Waals surface area contributed by atoms with Crippen molar-refractivity contribution in [2.75, 3.05) is 19.7 Å². The minimum Gasteiger partial charge on any atom is -0.406 e. The molecule has 0 spiro atoms. The van der Waals surface area contributed by atoms with Crippen molar-refractivity contribution in [2.45, 2.75) is 38.8 Å². The van der Waals surface area contributed by atoms with E-state index < -0.39 is 8.32 Å². The van der Waals surface area contributed by atoms with E-state index in [0.29, 0.717) is 12.0 Å². The van der Waals surface area contributed by atoms with Crippen LogP contribution in [-0.2, 0) is 4.43 Å². The Bertz CT molecular complexity index is 698. The minimum atomic E-state index is -2.43. The van der Waals surface area contributed by atoms with Crippen LogP contribution in [0.4, 0.5) is 0 Å². The fraction of sp³-hybridized carbons (Fsp3) is 0.417. The molecular weight excluding hydrogens is 346 g/mol. The molecule has 2 aromatic rings. The van der Waals surface area contributed by atoms with E-state index in [9.17, 15) is 0 Å². The number of hydrogen-bond acceptors (Lipinski definition) is 2. The zero-order valence-corrected chi connectivity index (χ0v) is 18.2. The molecule has 144 valence electrons. The van der Waals surface area contributed by atoms with Gasteiger partial charge in [0.15, 0.2) is 0 Å². The van der Waals surface area contributed by atoms with Gasteiger partial charge in [-0.25, -0.2) is 0 Å². The lowest BCUT2D eigenvalue weighted by molar-refractivity contribution is 0.00283. The summed E-state index contributed by atoms with van der Waals surface area (Å²) in [5.74, 6) is 0.670. The van der Waals surface area contributed by atoms with Crippen molar-refractivity contribution in [1.29, 1.82) is 0 Å². The highest BCUT2D eigenvalue weighted by Crippen LogP contribution is 2.37. The van der Waals surface area contributed by atoms with Crippen LogP contribution in [-0.4, -0.2) is 39.0 Å². The predicted octanol–water partition coefficient (Wildman–Crippen LogP) is 4.07. The van der Waals surface area contributed by atoms with E-state index in [-0.39, 0.29) is 5.04 Å². The maximum absolute atomic E-state index is 7.08. The van der Waals surface area contributed by atoms with Gasteiger partial charge in [0.25, 0.3) is 8.32 Å². The van der Waals surface area contributed by atoms with Crippen molar-refractivity contribution in [3.05, 3.63) is 73.3 Å². The Kier molecular flexibility index (Phi) is 6.04.